The van der Waals surface area contributed by atoms with Gasteiger partial charge in [0.25, 0.3) is 10.0 Å². The minimum atomic E-state index is -3.40. The molecule has 21 heavy (non-hydrogen) atoms. The fourth-order valence-electron chi connectivity index (χ4n) is 1.95. The zero-order valence-corrected chi connectivity index (χ0v) is 14.5. The maximum Gasteiger partial charge on any atom is 0.252 e. The van der Waals surface area contributed by atoms with Crippen LogP contribution in [0.1, 0.15) is 23.3 Å². The molecule has 1 N–H and O–H groups in total. The number of likely N-dealkylation sites (N-methyl/N-ethyl adjacent to an activating group) is 1. The third-order valence-electron chi connectivity index (χ3n) is 3.60. The minimum Gasteiger partial charge on any atom is -0.380 e. The first-order chi connectivity index (χ1) is 9.95. The molecule has 0 amide bonds. The van der Waals surface area contributed by atoms with Crippen molar-refractivity contribution in [1.29, 1.82) is 0 Å². The fourth-order valence-corrected chi connectivity index (χ4v) is 4.92. The first-order valence-corrected chi connectivity index (χ1v) is 9.48. The van der Waals surface area contributed by atoms with Crippen molar-refractivity contribution in [3.8, 4) is 0 Å². The molecule has 2 rings (SSSR count). The molecule has 0 unspecified atom stereocenters. The van der Waals surface area contributed by atoms with E-state index in [1.807, 2.05) is 14.0 Å². The molecule has 0 spiro atoms. The molecule has 1 saturated carbocycles. The van der Waals surface area contributed by atoms with Crippen molar-refractivity contribution in [2.75, 3.05) is 33.9 Å². The Bertz CT molecular complexity index is 565. The van der Waals surface area contributed by atoms with Crippen LogP contribution in [0.15, 0.2) is 10.3 Å². The summed E-state index contributed by atoms with van der Waals surface area (Å²) in [6.45, 7) is 4.26. The molecule has 120 valence electrons. The van der Waals surface area contributed by atoms with Crippen LogP contribution < -0.4 is 5.32 Å². The number of sulfonamides is 1. The summed E-state index contributed by atoms with van der Waals surface area (Å²) in [5.74, 6) is 0.705. The molecule has 0 aromatic carbocycles. The van der Waals surface area contributed by atoms with E-state index >= 15 is 0 Å². The van der Waals surface area contributed by atoms with Crippen molar-refractivity contribution in [2.24, 2.45) is 5.92 Å². The van der Waals surface area contributed by atoms with E-state index in [-0.39, 0.29) is 0 Å². The van der Waals surface area contributed by atoms with Crippen molar-refractivity contribution >= 4 is 21.4 Å². The Labute approximate surface area is 131 Å². The molecule has 0 saturated heterocycles. The molecule has 1 fully saturated rings. The Kier molecular flexibility index (Phi) is 5.79. The predicted octanol–water partition coefficient (Wildman–Crippen LogP) is 1.82. The quantitative estimate of drug-likeness (QED) is 0.701. The third kappa shape index (κ3) is 4.50. The Morgan fingerprint density at radius 3 is 2.81 bits per heavy atom. The van der Waals surface area contributed by atoms with E-state index in [9.17, 15) is 8.42 Å². The van der Waals surface area contributed by atoms with Gasteiger partial charge >= 0.3 is 0 Å². The van der Waals surface area contributed by atoms with Crippen LogP contribution in [0.2, 0.25) is 0 Å². The van der Waals surface area contributed by atoms with Crippen LogP contribution in [-0.4, -0.2) is 46.6 Å². The average molecular weight is 332 g/mol. The average Bonchev–Trinajstić information content (AvgIpc) is 3.19. The Morgan fingerprint density at radius 1 is 1.48 bits per heavy atom. The van der Waals surface area contributed by atoms with Gasteiger partial charge in [0.1, 0.15) is 4.21 Å². The number of thiophene rings is 1. The summed E-state index contributed by atoms with van der Waals surface area (Å²) in [4.78, 5) is 1.06. The van der Waals surface area contributed by atoms with Crippen molar-refractivity contribution in [2.45, 2.75) is 30.5 Å². The lowest BCUT2D eigenvalue weighted by Gasteiger charge is -2.15. The monoisotopic (exact) mass is 332 g/mol. The lowest BCUT2D eigenvalue weighted by molar-refractivity contribution is 0.117. The molecule has 1 heterocycles. The van der Waals surface area contributed by atoms with Gasteiger partial charge in [0.2, 0.25) is 0 Å². The van der Waals surface area contributed by atoms with E-state index < -0.39 is 10.0 Å². The predicted molar refractivity (Wildman–Crippen MR) is 85.2 cm³/mol. The molecule has 0 bridgehead atoms. The van der Waals surface area contributed by atoms with Gasteiger partial charge in [0.05, 0.1) is 6.61 Å². The zero-order valence-electron chi connectivity index (χ0n) is 12.9. The number of ether oxygens (including phenoxy) is 1. The van der Waals surface area contributed by atoms with Crippen LogP contribution in [0.5, 0.6) is 0 Å². The third-order valence-corrected chi connectivity index (χ3v) is 7.14. The molecule has 5 nitrogen and oxygen atoms in total. The summed E-state index contributed by atoms with van der Waals surface area (Å²) in [6, 6.07) is 1.76. The zero-order chi connectivity index (χ0) is 15.5. The summed E-state index contributed by atoms with van der Waals surface area (Å²) >= 11 is 1.34. The maximum absolute atomic E-state index is 12.5. The highest BCUT2D eigenvalue weighted by atomic mass is 32.2. The van der Waals surface area contributed by atoms with Gasteiger partial charge in [-0.3, -0.25) is 0 Å². The van der Waals surface area contributed by atoms with Gasteiger partial charge in [-0.2, -0.15) is 4.31 Å². The van der Waals surface area contributed by atoms with Crippen LogP contribution in [0.4, 0.5) is 0 Å². The lowest BCUT2D eigenvalue weighted by atomic mass is 10.3. The highest BCUT2D eigenvalue weighted by Crippen LogP contribution is 2.29. The van der Waals surface area contributed by atoms with Gasteiger partial charge in [0.15, 0.2) is 0 Å². The molecule has 7 heteroatoms. The molecule has 0 aliphatic heterocycles. The first-order valence-electron chi connectivity index (χ1n) is 7.23. The second-order valence-corrected chi connectivity index (χ2v) is 8.96. The van der Waals surface area contributed by atoms with Crippen molar-refractivity contribution < 1.29 is 13.2 Å². The van der Waals surface area contributed by atoms with Gasteiger partial charge in [-0.15, -0.1) is 11.3 Å². The topological polar surface area (TPSA) is 58.6 Å². The van der Waals surface area contributed by atoms with Crippen LogP contribution in [0.3, 0.4) is 0 Å². The van der Waals surface area contributed by atoms with Crippen molar-refractivity contribution in [3.63, 3.8) is 0 Å². The summed E-state index contributed by atoms with van der Waals surface area (Å²) in [6.07, 6.45) is 2.49. The van der Waals surface area contributed by atoms with Crippen LogP contribution in [0.25, 0.3) is 0 Å². The highest BCUT2D eigenvalue weighted by Gasteiger charge is 2.25. The Balaban J connectivity index is 1.93. The molecule has 0 atom stereocenters. The highest BCUT2D eigenvalue weighted by molar-refractivity contribution is 7.91. The molecule has 1 aliphatic rings. The summed E-state index contributed by atoms with van der Waals surface area (Å²) in [5.41, 5.74) is 1.02. The molecular formula is C14H24N2O3S2. The van der Waals surface area contributed by atoms with Crippen molar-refractivity contribution in [3.05, 3.63) is 16.5 Å². The standard InChI is InChI=1S/C14H24N2O3S2/c1-11-8-14(20-13(11)9-15-2)21(17,18)16(3)6-7-19-10-12-4-5-12/h8,12,15H,4-7,9-10H2,1-3H3. The number of hydrogen-bond acceptors (Lipinski definition) is 5. The maximum atomic E-state index is 12.5. The number of hydrogen-bond donors (Lipinski definition) is 1. The summed E-state index contributed by atoms with van der Waals surface area (Å²) in [5, 5.41) is 3.06. The van der Waals surface area contributed by atoms with E-state index in [0.717, 1.165) is 17.0 Å². The Hall–Kier alpha value is -0.470. The second kappa shape index (κ2) is 7.19. The van der Waals surface area contributed by atoms with E-state index in [1.165, 1.54) is 28.5 Å². The van der Waals surface area contributed by atoms with Gasteiger partial charge in [-0.1, -0.05) is 0 Å². The SMILES string of the molecule is CNCc1sc(S(=O)(=O)N(C)CCOCC2CC2)cc1C. The number of nitrogens with zero attached hydrogens (tertiary/aromatic N) is 1. The van der Waals surface area contributed by atoms with Crippen LogP contribution in [0, 0.1) is 12.8 Å². The molecule has 1 aromatic rings. The van der Waals surface area contributed by atoms with Gasteiger partial charge in [-0.05, 0) is 44.4 Å². The van der Waals surface area contributed by atoms with E-state index in [1.54, 1.807) is 13.1 Å². The molecule has 1 aliphatic carbocycles. The van der Waals surface area contributed by atoms with E-state index in [2.05, 4.69) is 5.32 Å². The van der Waals surface area contributed by atoms with Gasteiger partial charge < -0.3 is 10.1 Å². The molecule has 0 radical (unpaired) electrons. The first kappa shape index (κ1) is 16.9. The number of aryl methyl sites for hydroxylation is 1. The minimum absolute atomic E-state index is 0.396. The number of rotatable bonds is 9. The summed E-state index contributed by atoms with van der Waals surface area (Å²) in [7, 11) is 0.0715. The second-order valence-electron chi connectivity index (χ2n) is 5.55. The van der Waals surface area contributed by atoms with Gasteiger partial charge in [0, 0.05) is 31.6 Å². The molecular weight excluding hydrogens is 308 g/mol. The largest absolute Gasteiger partial charge is 0.380 e. The fraction of sp³-hybridized carbons (Fsp3) is 0.714. The van der Waals surface area contributed by atoms with E-state index in [4.69, 9.17) is 4.74 Å². The van der Waals surface area contributed by atoms with E-state index in [0.29, 0.717) is 29.8 Å². The number of nitrogens with one attached hydrogen (secondary N) is 1. The lowest BCUT2D eigenvalue weighted by Crippen LogP contribution is -2.30. The Morgan fingerprint density at radius 2 is 2.19 bits per heavy atom. The smallest absolute Gasteiger partial charge is 0.252 e. The van der Waals surface area contributed by atoms with Gasteiger partial charge in [-0.25, -0.2) is 8.42 Å². The van der Waals surface area contributed by atoms with Crippen LogP contribution >= 0.6 is 11.3 Å². The summed E-state index contributed by atoms with van der Waals surface area (Å²) < 4.78 is 32.3. The van der Waals surface area contributed by atoms with Crippen molar-refractivity contribution in [1.82, 2.24) is 9.62 Å². The van der Waals surface area contributed by atoms with Crippen LogP contribution in [-0.2, 0) is 21.3 Å². The normalized spacial score (nSPS) is 15.8. The molecule has 1 aromatic heterocycles.